The molecule has 1 N–H and O–H groups in total. The number of aromatic nitrogens is 3. The van der Waals surface area contributed by atoms with E-state index in [2.05, 4.69) is 48.6 Å². The molecule has 2 aromatic heterocycles. The lowest BCUT2D eigenvalue weighted by Crippen LogP contribution is -2.09. The molecule has 3 aromatic carbocycles. The van der Waals surface area contributed by atoms with Crippen LogP contribution < -0.4 is 10.1 Å². The Labute approximate surface area is 200 Å². The molecule has 170 valence electrons. The number of fused-ring (bicyclic) bond motifs is 1. The quantitative estimate of drug-likeness (QED) is 0.299. The van der Waals surface area contributed by atoms with Crippen LogP contribution >= 0.6 is 0 Å². The maximum Gasteiger partial charge on any atom is 0.165 e. The fraction of sp³-hybridized carbons (Fsp3) is 0.172. The molecular formula is C29H28N4O. The van der Waals surface area contributed by atoms with Crippen molar-refractivity contribution in [3.05, 3.63) is 107 Å². The Kier molecular flexibility index (Phi) is 6.00. The number of anilines is 2. The number of hydrogen-bond acceptors (Lipinski definition) is 4. The number of hydrogen-bond donors (Lipinski definition) is 1. The van der Waals surface area contributed by atoms with E-state index in [4.69, 9.17) is 14.8 Å². The Balaban J connectivity index is 1.67. The van der Waals surface area contributed by atoms with Crippen molar-refractivity contribution in [3.63, 3.8) is 0 Å². The lowest BCUT2D eigenvalue weighted by atomic mass is 10.0. The van der Waals surface area contributed by atoms with Crippen molar-refractivity contribution in [2.75, 3.05) is 11.9 Å². The molecule has 5 aromatic rings. The van der Waals surface area contributed by atoms with Crippen LogP contribution in [0.4, 0.5) is 11.5 Å². The summed E-state index contributed by atoms with van der Waals surface area (Å²) in [6, 6.07) is 28.9. The van der Waals surface area contributed by atoms with E-state index >= 15 is 0 Å². The molecule has 0 saturated heterocycles. The first kappa shape index (κ1) is 21.7. The fourth-order valence-electron chi connectivity index (χ4n) is 4.32. The zero-order valence-corrected chi connectivity index (χ0v) is 19.7. The number of benzene rings is 3. The predicted octanol–water partition coefficient (Wildman–Crippen LogP) is 6.75. The Morgan fingerprint density at radius 1 is 0.824 bits per heavy atom. The summed E-state index contributed by atoms with van der Waals surface area (Å²) in [6.45, 7) is 6.76. The van der Waals surface area contributed by atoms with Gasteiger partial charge in [0.1, 0.15) is 11.6 Å². The molecule has 2 heterocycles. The summed E-state index contributed by atoms with van der Waals surface area (Å²) in [7, 11) is 0. The van der Waals surface area contributed by atoms with Gasteiger partial charge in [0, 0.05) is 28.9 Å². The van der Waals surface area contributed by atoms with E-state index in [1.807, 2.05) is 66.9 Å². The predicted molar refractivity (Wildman–Crippen MR) is 138 cm³/mol. The highest BCUT2D eigenvalue weighted by atomic mass is 16.5. The second-order valence-corrected chi connectivity index (χ2v) is 8.33. The zero-order valence-electron chi connectivity index (χ0n) is 19.7. The third-order valence-electron chi connectivity index (χ3n) is 5.96. The molecule has 0 aliphatic rings. The molecule has 0 fully saturated rings. The van der Waals surface area contributed by atoms with E-state index in [9.17, 15) is 0 Å². The molecule has 0 saturated carbocycles. The first-order valence-corrected chi connectivity index (χ1v) is 11.6. The summed E-state index contributed by atoms with van der Waals surface area (Å²) in [4.78, 5) is 5.05. The van der Waals surface area contributed by atoms with E-state index in [0.717, 1.165) is 57.4 Å². The van der Waals surface area contributed by atoms with E-state index < -0.39 is 0 Å². The highest BCUT2D eigenvalue weighted by Gasteiger charge is 2.20. The average Bonchev–Trinajstić information content (AvgIpc) is 3.19. The first-order valence-electron chi connectivity index (χ1n) is 11.6. The molecule has 0 atom stereocenters. The van der Waals surface area contributed by atoms with Crippen molar-refractivity contribution in [1.29, 1.82) is 0 Å². The van der Waals surface area contributed by atoms with E-state index in [1.165, 1.54) is 5.56 Å². The number of nitrogens with one attached hydrogen (secondary N) is 1. The minimum atomic E-state index is 0.646. The van der Waals surface area contributed by atoms with Gasteiger partial charge < -0.3 is 10.1 Å². The van der Waals surface area contributed by atoms with Gasteiger partial charge in [-0.3, -0.25) is 0 Å². The van der Waals surface area contributed by atoms with Gasteiger partial charge in [-0.25, -0.2) is 4.98 Å². The second-order valence-electron chi connectivity index (χ2n) is 8.33. The molecule has 0 aliphatic heterocycles. The van der Waals surface area contributed by atoms with Gasteiger partial charge in [0.05, 0.1) is 12.3 Å². The van der Waals surface area contributed by atoms with Crippen molar-refractivity contribution >= 4 is 17.2 Å². The molecule has 5 heteroatoms. The summed E-state index contributed by atoms with van der Waals surface area (Å²) >= 11 is 0. The van der Waals surface area contributed by atoms with Crippen LogP contribution in [0.2, 0.25) is 0 Å². The zero-order chi connectivity index (χ0) is 23.5. The van der Waals surface area contributed by atoms with Crippen LogP contribution in [-0.2, 0) is 6.42 Å². The monoisotopic (exact) mass is 448 g/mol. The van der Waals surface area contributed by atoms with Gasteiger partial charge in [-0.2, -0.15) is 9.61 Å². The van der Waals surface area contributed by atoms with Crippen molar-refractivity contribution in [2.24, 2.45) is 0 Å². The van der Waals surface area contributed by atoms with Gasteiger partial charge in [-0.05, 0) is 56.2 Å². The Morgan fingerprint density at radius 3 is 2.18 bits per heavy atom. The summed E-state index contributed by atoms with van der Waals surface area (Å²) in [5, 5.41) is 8.59. The van der Waals surface area contributed by atoms with Crippen LogP contribution in [0, 0.1) is 13.8 Å². The maximum atomic E-state index is 5.62. The minimum Gasteiger partial charge on any atom is -0.494 e. The number of ether oxygens (including phenoxy) is 1. The highest BCUT2D eigenvalue weighted by molar-refractivity contribution is 5.82. The largest absolute Gasteiger partial charge is 0.494 e. The van der Waals surface area contributed by atoms with Crippen LogP contribution in [0.1, 0.15) is 29.4 Å². The van der Waals surface area contributed by atoms with Crippen LogP contribution in [0.25, 0.3) is 16.8 Å². The van der Waals surface area contributed by atoms with Gasteiger partial charge in [0.15, 0.2) is 5.65 Å². The summed E-state index contributed by atoms with van der Waals surface area (Å²) in [5.74, 6) is 1.79. The van der Waals surface area contributed by atoms with Crippen molar-refractivity contribution in [3.8, 4) is 16.9 Å². The first-order chi connectivity index (χ1) is 16.6. The molecule has 0 bridgehead atoms. The van der Waals surface area contributed by atoms with Crippen molar-refractivity contribution < 1.29 is 4.74 Å². The van der Waals surface area contributed by atoms with Gasteiger partial charge >= 0.3 is 0 Å². The van der Waals surface area contributed by atoms with Crippen molar-refractivity contribution in [1.82, 2.24) is 14.6 Å². The molecular weight excluding hydrogens is 420 g/mol. The van der Waals surface area contributed by atoms with Crippen LogP contribution in [-0.4, -0.2) is 21.2 Å². The van der Waals surface area contributed by atoms with Gasteiger partial charge in [-0.15, -0.1) is 0 Å². The Bertz CT molecular complexity index is 1410. The SMILES string of the molecule is CCOc1ccc(Nc2c(Cc3ccccc3)c(C)nc3c(-c4ccccc4)c(C)nn23)cc1. The van der Waals surface area contributed by atoms with E-state index in [1.54, 1.807) is 0 Å². The second kappa shape index (κ2) is 9.40. The average molecular weight is 449 g/mol. The Hall–Kier alpha value is -4.12. The van der Waals surface area contributed by atoms with Gasteiger partial charge in [-0.1, -0.05) is 60.7 Å². The lowest BCUT2D eigenvalue weighted by Gasteiger charge is -2.17. The summed E-state index contributed by atoms with van der Waals surface area (Å²) in [6.07, 6.45) is 0.758. The van der Waals surface area contributed by atoms with Crippen LogP contribution in [0.5, 0.6) is 5.75 Å². The van der Waals surface area contributed by atoms with Crippen LogP contribution in [0.15, 0.2) is 84.9 Å². The summed E-state index contributed by atoms with van der Waals surface area (Å²) in [5.41, 5.74) is 8.29. The van der Waals surface area contributed by atoms with Gasteiger partial charge in [0.2, 0.25) is 0 Å². The molecule has 0 radical (unpaired) electrons. The topological polar surface area (TPSA) is 51.5 Å². The molecule has 0 aliphatic carbocycles. The minimum absolute atomic E-state index is 0.646. The fourth-order valence-corrected chi connectivity index (χ4v) is 4.32. The standard InChI is InChI=1S/C29H28N4O/c1-4-34-25-17-15-24(16-18-25)31-28-26(19-22-11-7-5-8-12-22)20(2)30-29-27(21(3)32-33(28)29)23-13-9-6-10-14-23/h5-18,31H,4,19H2,1-3H3. The number of rotatable bonds is 7. The smallest absolute Gasteiger partial charge is 0.165 e. The third-order valence-corrected chi connectivity index (χ3v) is 5.96. The molecule has 0 unspecified atom stereocenters. The molecule has 0 spiro atoms. The van der Waals surface area contributed by atoms with E-state index in [0.29, 0.717) is 6.61 Å². The maximum absolute atomic E-state index is 5.62. The highest BCUT2D eigenvalue weighted by Crippen LogP contribution is 2.33. The van der Waals surface area contributed by atoms with Gasteiger partial charge in [0.25, 0.3) is 0 Å². The Morgan fingerprint density at radius 2 is 1.50 bits per heavy atom. The lowest BCUT2D eigenvalue weighted by molar-refractivity contribution is 0.340. The molecule has 5 rings (SSSR count). The van der Waals surface area contributed by atoms with E-state index in [-0.39, 0.29) is 0 Å². The third kappa shape index (κ3) is 4.25. The number of aryl methyl sites for hydroxylation is 2. The van der Waals surface area contributed by atoms with Crippen molar-refractivity contribution in [2.45, 2.75) is 27.2 Å². The number of nitrogens with zero attached hydrogens (tertiary/aromatic N) is 3. The molecule has 0 amide bonds. The molecule has 5 nitrogen and oxygen atoms in total. The summed E-state index contributed by atoms with van der Waals surface area (Å²) < 4.78 is 7.57. The normalized spacial score (nSPS) is 11.0. The molecule has 34 heavy (non-hydrogen) atoms. The van der Waals surface area contributed by atoms with Crippen LogP contribution in [0.3, 0.4) is 0 Å².